The Labute approximate surface area is 146 Å². The van der Waals surface area contributed by atoms with Gasteiger partial charge >= 0.3 is 0 Å². The fourth-order valence-corrected chi connectivity index (χ4v) is 1.65. The Morgan fingerprint density at radius 1 is 0.808 bits per heavy atom. The number of nitrogens with zero attached hydrogens (tertiary/aromatic N) is 4. The highest BCUT2D eigenvalue weighted by Gasteiger charge is 2.05. The van der Waals surface area contributed by atoms with Gasteiger partial charge in [-0.05, 0) is 36.4 Å². The number of furan rings is 2. The molecule has 2 heterocycles. The lowest BCUT2D eigenvalue weighted by Crippen LogP contribution is -2.22. The van der Waals surface area contributed by atoms with Crippen molar-refractivity contribution in [2.75, 3.05) is 10.5 Å². The third-order valence-corrected chi connectivity index (χ3v) is 2.74. The van der Waals surface area contributed by atoms with Crippen molar-refractivity contribution in [3.05, 3.63) is 47.9 Å². The number of anilines is 2. The lowest BCUT2D eigenvalue weighted by molar-refractivity contribution is 0.0168. The van der Waals surface area contributed by atoms with Gasteiger partial charge in [0.2, 0.25) is 17.7 Å². The summed E-state index contributed by atoms with van der Waals surface area (Å²) >= 11 is 0. The lowest BCUT2D eigenvalue weighted by Gasteiger charge is -2.00. The number of guanidine groups is 1. The maximum absolute atomic E-state index is 8.85. The molecule has 2 aromatic rings. The third-order valence-electron chi connectivity index (χ3n) is 2.74. The summed E-state index contributed by atoms with van der Waals surface area (Å²) in [6.45, 7) is 0. The second kappa shape index (κ2) is 8.50. The first kappa shape index (κ1) is 18.8. The van der Waals surface area contributed by atoms with Crippen molar-refractivity contribution in [3.8, 4) is 0 Å². The van der Waals surface area contributed by atoms with Crippen LogP contribution in [0.15, 0.2) is 55.5 Å². The van der Waals surface area contributed by atoms with Gasteiger partial charge in [0.25, 0.3) is 0 Å². The molecule has 0 spiro atoms. The standard InChI is InChI=1S/C14H16N6O6/c15-14(16)18-17-9(1-3-10-5-7-12(25-10)19(21)22)2-4-11-6-8-13(26-11)20(23)24/h1-8,21-24H,(H4,15,16,18). The Morgan fingerprint density at radius 2 is 1.27 bits per heavy atom. The van der Waals surface area contributed by atoms with Crippen LogP contribution in [-0.4, -0.2) is 32.5 Å². The van der Waals surface area contributed by atoms with Gasteiger partial charge in [-0.3, -0.25) is 20.8 Å². The summed E-state index contributed by atoms with van der Waals surface area (Å²) in [6.07, 6.45) is 5.93. The Morgan fingerprint density at radius 3 is 1.62 bits per heavy atom. The van der Waals surface area contributed by atoms with Crippen LogP contribution >= 0.6 is 0 Å². The average Bonchev–Trinajstić information content (AvgIpc) is 3.23. The van der Waals surface area contributed by atoms with Crippen LogP contribution in [0.25, 0.3) is 12.2 Å². The smallest absolute Gasteiger partial charge is 0.247 e. The van der Waals surface area contributed by atoms with Crippen LogP contribution in [-0.2, 0) is 0 Å². The van der Waals surface area contributed by atoms with E-state index in [-0.39, 0.29) is 33.9 Å². The zero-order valence-corrected chi connectivity index (χ0v) is 13.2. The normalized spacial score (nSPS) is 11.1. The summed E-state index contributed by atoms with van der Waals surface area (Å²) in [4.78, 5) is 0. The van der Waals surface area contributed by atoms with E-state index in [2.05, 4.69) is 10.2 Å². The molecule has 0 aliphatic rings. The molecule has 0 radical (unpaired) electrons. The van der Waals surface area contributed by atoms with Gasteiger partial charge in [0.1, 0.15) is 11.5 Å². The highest BCUT2D eigenvalue weighted by atomic mass is 16.8. The molecule has 26 heavy (non-hydrogen) atoms. The first-order valence-corrected chi connectivity index (χ1v) is 6.93. The summed E-state index contributed by atoms with van der Waals surface area (Å²) in [6, 6.07) is 5.65. The summed E-state index contributed by atoms with van der Waals surface area (Å²) in [7, 11) is 0. The molecular weight excluding hydrogens is 348 g/mol. The molecule has 138 valence electrons. The number of hydrogen-bond acceptors (Lipinski definition) is 10. The highest BCUT2D eigenvalue weighted by Crippen LogP contribution is 2.18. The van der Waals surface area contributed by atoms with Crippen molar-refractivity contribution >= 4 is 35.6 Å². The van der Waals surface area contributed by atoms with Gasteiger partial charge in [-0.1, -0.05) is 10.5 Å². The molecule has 12 nitrogen and oxygen atoms in total. The zero-order chi connectivity index (χ0) is 19.1. The second-order valence-electron chi connectivity index (χ2n) is 4.65. The van der Waals surface area contributed by atoms with Crippen molar-refractivity contribution in [2.45, 2.75) is 0 Å². The molecule has 0 aliphatic heterocycles. The lowest BCUT2D eigenvalue weighted by atomic mass is 10.2. The van der Waals surface area contributed by atoms with Crippen LogP contribution in [0.5, 0.6) is 0 Å². The highest BCUT2D eigenvalue weighted by molar-refractivity contribution is 6.08. The van der Waals surface area contributed by atoms with Crippen molar-refractivity contribution in [1.29, 1.82) is 0 Å². The molecule has 0 aromatic carbocycles. The largest absolute Gasteiger partial charge is 0.437 e. The minimum atomic E-state index is -0.253. The van der Waals surface area contributed by atoms with E-state index in [1.807, 2.05) is 0 Å². The van der Waals surface area contributed by atoms with E-state index in [4.69, 9.17) is 41.1 Å². The summed E-state index contributed by atoms with van der Waals surface area (Å²) < 4.78 is 10.2. The van der Waals surface area contributed by atoms with Crippen LogP contribution in [0.4, 0.5) is 11.8 Å². The van der Waals surface area contributed by atoms with E-state index < -0.39 is 0 Å². The number of hydrogen-bond donors (Lipinski definition) is 6. The Kier molecular flexibility index (Phi) is 6.13. The molecule has 12 heteroatoms. The Balaban J connectivity index is 2.19. The minimum absolute atomic E-state index is 0.161. The molecular formula is C14H16N6O6. The summed E-state index contributed by atoms with van der Waals surface area (Å²) in [5.74, 6) is -0.00443. The molecule has 2 rings (SSSR count). The molecule has 0 aliphatic carbocycles. The van der Waals surface area contributed by atoms with Crippen molar-refractivity contribution in [1.82, 2.24) is 0 Å². The molecule has 0 bridgehead atoms. The van der Waals surface area contributed by atoms with Crippen LogP contribution in [0.2, 0.25) is 0 Å². The minimum Gasteiger partial charge on any atom is -0.437 e. The monoisotopic (exact) mass is 364 g/mol. The van der Waals surface area contributed by atoms with E-state index in [1.165, 1.54) is 48.6 Å². The van der Waals surface area contributed by atoms with Gasteiger partial charge in [0.05, 0.1) is 5.71 Å². The maximum Gasteiger partial charge on any atom is 0.247 e. The van der Waals surface area contributed by atoms with Gasteiger partial charge < -0.3 is 20.3 Å². The predicted molar refractivity (Wildman–Crippen MR) is 90.8 cm³/mol. The maximum atomic E-state index is 8.85. The first-order chi connectivity index (χ1) is 12.3. The number of allylic oxidation sites excluding steroid dienone is 2. The van der Waals surface area contributed by atoms with Crippen molar-refractivity contribution in [2.24, 2.45) is 21.7 Å². The summed E-state index contributed by atoms with van der Waals surface area (Å²) in [5, 5.41) is 42.4. The summed E-state index contributed by atoms with van der Waals surface area (Å²) in [5.41, 5.74) is 10.8. The molecule has 8 N–H and O–H groups in total. The molecule has 0 saturated carbocycles. The first-order valence-electron chi connectivity index (χ1n) is 6.93. The van der Waals surface area contributed by atoms with Crippen molar-refractivity contribution < 1.29 is 29.7 Å². The fourth-order valence-electron chi connectivity index (χ4n) is 1.65. The SMILES string of the molecule is NC(N)=NN=C(C=Cc1ccc(N(O)O)o1)C=Cc1ccc(N(O)O)o1. The van der Waals surface area contributed by atoms with Gasteiger partial charge in [0, 0.05) is 12.1 Å². The Hall–Kier alpha value is -3.58. The van der Waals surface area contributed by atoms with Crippen LogP contribution in [0.1, 0.15) is 11.5 Å². The number of rotatable bonds is 7. The van der Waals surface area contributed by atoms with Crippen molar-refractivity contribution in [3.63, 3.8) is 0 Å². The average molecular weight is 364 g/mol. The van der Waals surface area contributed by atoms with Crippen LogP contribution in [0, 0.1) is 0 Å². The number of nitrogens with two attached hydrogens (primary N) is 2. The van der Waals surface area contributed by atoms with Crippen LogP contribution in [0.3, 0.4) is 0 Å². The molecule has 0 fully saturated rings. The van der Waals surface area contributed by atoms with E-state index in [1.54, 1.807) is 0 Å². The van der Waals surface area contributed by atoms with Crippen LogP contribution < -0.4 is 21.9 Å². The van der Waals surface area contributed by atoms with Gasteiger partial charge in [-0.15, -0.1) is 10.2 Å². The second-order valence-corrected chi connectivity index (χ2v) is 4.65. The molecule has 0 amide bonds. The van der Waals surface area contributed by atoms with E-state index in [0.717, 1.165) is 0 Å². The Bertz CT molecular complexity index is 785. The molecule has 2 aromatic heterocycles. The van der Waals surface area contributed by atoms with Gasteiger partial charge in [0.15, 0.2) is 0 Å². The van der Waals surface area contributed by atoms with E-state index in [9.17, 15) is 0 Å². The topological polar surface area (TPSA) is 190 Å². The van der Waals surface area contributed by atoms with Gasteiger partial charge in [-0.25, -0.2) is 0 Å². The molecule has 0 saturated heterocycles. The van der Waals surface area contributed by atoms with E-state index in [0.29, 0.717) is 11.5 Å². The fraction of sp³-hybridized carbons (Fsp3) is 0. The molecule has 0 atom stereocenters. The predicted octanol–water partition coefficient (Wildman–Crippen LogP) is 1.40. The quantitative estimate of drug-likeness (QED) is 0.238. The van der Waals surface area contributed by atoms with E-state index >= 15 is 0 Å². The van der Waals surface area contributed by atoms with Gasteiger partial charge in [-0.2, -0.15) is 0 Å². The zero-order valence-electron chi connectivity index (χ0n) is 13.2. The third kappa shape index (κ3) is 5.50. The molecule has 0 unspecified atom stereocenters.